The van der Waals surface area contributed by atoms with Gasteiger partial charge >= 0.3 is 0 Å². The average molecular weight is 502 g/mol. The molecule has 0 fully saturated rings. The fraction of sp³-hybridized carbons (Fsp3) is 0.167. The Morgan fingerprint density at radius 2 is 1.89 bits per heavy atom. The monoisotopic (exact) mass is 501 g/mol. The molecule has 0 unspecified atom stereocenters. The van der Waals surface area contributed by atoms with Gasteiger partial charge in [-0.3, -0.25) is 4.99 Å². The quantitative estimate of drug-likeness (QED) is 0.314. The van der Waals surface area contributed by atoms with Gasteiger partial charge in [0.1, 0.15) is 5.82 Å². The topological polar surface area (TPSA) is 75.3 Å². The van der Waals surface area contributed by atoms with Gasteiger partial charge in [0, 0.05) is 24.2 Å². The molecule has 0 amide bonds. The number of hydrogen-bond donors (Lipinski definition) is 2. The van der Waals surface area contributed by atoms with Gasteiger partial charge < -0.3 is 15.2 Å². The molecule has 0 bridgehead atoms. The summed E-state index contributed by atoms with van der Waals surface area (Å²) in [5, 5.41) is 10.8. The lowest BCUT2D eigenvalue weighted by Crippen LogP contribution is -2.36. The average Bonchev–Trinajstić information content (AvgIpc) is 3.12. The molecule has 0 aliphatic rings. The van der Waals surface area contributed by atoms with E-state index in [2.05, 4.69) is 25.8 Å². The Kier molecular flexibility index (Phi) is 7.99. The maximum Gasteiger partial charge on any atom is 0.246 e. The van der Waals surface area contributed by atoms with E-state index in [1.165, 1.54) is 12.1 Å². The van der Waals surface area contributed by atoms with Gasteiger partial charge in [-0.2, -0.15) is 4.98 Å². The normalized spacial score (nSPS) is 11.0. The molecule has 1 aromatic heterocycles. The molecule has 0 saturated carbocycles. The Bertz CT molecular complexity index is 901. The first-order valence-electron chi connectivity index (χ1n) is 7.91. The summed E-state index contributed by atoms with van der Waals surface area (Å²) in [4.78, 5) is 8.46. The Labute approximate surface area is 178 Å². The van der Waals surface area contributed by atoms with Crippen LogP contribution >= 0.6 is 35.6 Å². The minimum Gasteiger partial charge on any atom is -0.352 e. The van der Waals surface area contributed by atoms with Crippen molar-refractivity contribution in [3.05, 3.63) is 70.8 Å². The summed E-state index contributed by atoms with van der Waals surface area (Å²) in [7, 11) is 1.66. The molecule has 0 aliphatic carbocycles. The molecule has 3 rings (SSSR count). The molecule has 1 heterocycles. The second-order valence-corrected chi connectivity index (χ2v) is 5.86. The number of benzene rings is 2. The van der Waals surface area contributed by atoms with Crippen LogP contribution in [0.25, 0.3) is 11.4 Å². The molecule has 3 aromatic rings. The van der Waals surface area contributed by atoms with Gasteiger partial charge in [0.15, 0.2) is 5.96 Å². The van der Waals surface area contributed by atoms with E-state index >= 15 is 0 Å². The van der Waals surface area contributed by atoms with Crippen LogP contribution in [-0.4, -0.2) is 23.1 Å². The Hall–Kier alpha value is -2.20. The molecule has 6 nitrogen and oxygen atoms in total. The Morgan fingerprint density at radius 3 is 2.59 bits per heavy atom. The van der Waals surface area contributed by atoms with Crippen molar-refractivity contribution in [3.63, 3.8) is 0 Å². The first-order chi connectivity index (χ1) is 12.6. The van der Waals surface area contributed by atoms with Crippen molar-refractivity contribution in [2.75, 3.05) is 7.05 Å². The summed E-state index contributed by atoms with van der Waals surface area (Å²) in [5.74, 6) is 1.20. The lowest BCUT2D eigenvalue weighted by molar-refractivity contribution is 0.375. The number of aliphatic imine (C=N–C) groups is 1. The highest BCUT2D eigenvalue weighted by atomic mass is 127. The van der Waals surface area contributed by atoms with Crippen LogP contribution in [0.3, 0.4) is 0 Å². The van der Waals surface area contributed by atoms with Crippen LogP contribution in [0.4, 0.5) is 4.39 Å². The van der Waals surface area contributed by atoms with Crippen molar-refractivity contribution in [1.29, 1.82) is 0 Å². The maximum absolute atomic E-state index is 12.9. The Morgan fingerprint density at radius 1 is 1.15 bits per heavy atom. The maximum atomic E-state index is 12.9. The summed E-state index contributed by atoms with van der Waals surface area (Å²) in [6.45, 7) is 0.828. The third kappa shape index (κ3) is 6.17. The number of halogens is 3. The SMILES string of the molecule is CN=C(NCc1ccc(F)cc1)NCc1nc(-c2cccc(Cl)c2)no1.I. The van der Waals surface area contributed by atoms with Crippen molar-refractivity contribution in [2.45, 2.75) is 13.1 Å². The van der Waals surface area contributed by atoms with Crippen molar-refractivity contribution in [2.24, 2.45) is 4.99 Å². The number of rotatable bonds is 5. The van der Waals surface area contributed by atoms with Crippen molar-refractivity contribution >= 4 is 41.5 Å². The van der Waals surface area contributed by atoms with Crippen molar-refractivity contribution in [1.82, 2.24) is 20.8 Å². The van der Waals surface area contributed by atoms with Gasteiger partial charge in [-0.1, -0.05) is 41.0 Å². The highest BCUT2D eigenvalue weighted by Gasteiger charge is 2.09. The minimum absolute atomic E-state index is 0. The predicted octanol–water partition coefficient (Wildman–Crippen LogP) is 4.01. The highest BCUT2D eigenvalue weighted by Crippen LogP contribution is 2.19. The minimum atomic E-state index is -0.261. The van der Waals surface area contributed by atoms with Crippen molar-refractivity contribution < 1.29 is 8.91 Å². The fourth-order valence-corrected chi connectivity index (χ4v) is 2.43. The van der Waals surface area contributed by atoms with E-state index in [1.807, 2.05) is 12.1 Å². The van der Waals surface area contributed by atoms with Crippen LogP contribution < -0.4 is 10.6 Å². The van der Waals surface area contributed by atoms with Crippen LogP contribution in [0.2, 0.25) is 5.02 Å². The second-order valence-electron chi connectivity index (χ2n) is 5.43. The molecule has 9 heteroatoms. The molecule has 2 N–H and O–H groups in total. The number of nitrogens with zero attached hydrogens (tertiary/aromatic N) is 3. The van der Waals surface area contributed by atoms with Gasteiger partial charge in [-0.05, 0) is 29.8 Å². The largest absolute Gasteiger partial charge is 0.352 e. The first-order valence-corrected chi connectivity index (χ1v) is 8.29. The molecule has 142 valence electrons. The van der Waals surface area contributed by atoms with E-state index in [-0.39, 0.29) is 29.8 Å². The van der Waals surface area contributed by atoms with E-state index in [9.17, 15) is 4.39 Å². The van der Waals surface area contributed by atoms with E-state index in [1.54, 1.807) is 31.3 Å². The fourth-order valence-electron chi connectivity index (χ4n) is 2.24. The molecule has 0 aliphatic heterocycles. The van der Waals surface area contributed by atoms with E-state index in [0.29, 0.717) is 35.8 Å². The summed E-state index contributed by atoms with van der Waals surface area (Å²) in [6, 6.07) is 13.5. The third-order valence-corrected chi connectivity index (χ3v) is 3.79. The second kappa shape index (κ2) is 10.2. The van der Waals surface area contributed by atoms with Gasteiger partial charge in [-0.25, -0.2) is 4.39 Å². The number of aromatic nitrogens is 2. The lowest BCUT2D eigenvalue weighted by atomic mass is 10.2. The summed E-state index contributed by atoms with van der Waals surface area (Å²) in [6.07, 6.45) is 0. The van der Waals surface area contributed by atoms with Gasteiger partial charge in [0.05, 0.1) is 6.54 Å². The van der Waals surface area contributed by atoms with Gasteiger partial charge in [0.25, 0.3) is 0 Å². The highest BCUT2D eigenvalue weighted by molar-refractivity contribution is 14.0. The molecule has 0 spiro atoms. The van der Waals surface area contributed by atoms with E-state index in [0.717, 1.165) is 11.1 Å². The standard InChI is InChI=1S/C18H17ClFN5O.HI/c1-21-18(22-10-12-5-7-15(20)8-6-12)23-11-16-24-17(25-26-16)13-3-2-4-14(19)9-13;/h2-9H,10-11H2,1H3,(H2,21,22,23);1H. The van der Waals surface area contributed by atoms with Gasteiger partial charge in [0.2, 0.25) is 11.7 Å². The van der Waals surface area contributed by atoms with E-state index in [4.69, 9.17) is 16.1 Å². The van der Waals surface area contributed by atoms with Gasteiger partial charge in [-0.15, -0.1) is 24.0 Å². The molecule has 0 saturated heterocycles. The molecule has 27 heavy (non-hydrogen) atoms. The zero-order valence-corrected chi connectivity index (χ0v) is 17.5. The van der Waals surface area contributed by atoms with Crippen LogP contribution in [0.15, 0.2) is 58.0 Å². The molecule has 2 aromatic carbocycles. The summed E-state index contributed by atoms with van der Waals surface area (Å²) >= 11 is 5.97. The predicted molar refractivity (Wildman–Crippen MR) is 114 cm³/mol. The van der Waals surface area contributed by atoms with Crippen LogP contribution in [0.5, 0.6) is 0 Å². The number of hydrogen-bond acceptors (Lipinski definition) is 4. The Balaban J connectivity index is 0.00000261. The number of guanidine groups is 1. The van der Waals surface area contributed by atoms with Crippen LogP contribution in [-0.2, 0) is 13.1 Å². The zero-order valence-electron chi connectivity index (χ0n) is 14.4. The molecular formula is C18H18ClFIN5O. The summed E-state index contributed by atoms with van der Waals surface area (Å²) < 4.78 is 18.2. The molecule has 0 radical (unpaired) electrons. The van der Waals surface area contributed by atoms with E-state index < -0.39 is 0 Å². The molecule has 0 atom stereocenters. The van der Waals surface area contributed by atoms with Crippen LogP contribution in [0.1, 0.15) is 11.5 Å². The smallest absolute Gasteiger partial charge is 0.246 e. The molecular weight excluding hydrogens is 484 g/mol. The van der Waals surface area contributed by atoms with Crippen LogP contribution in [0, 0.1) is 5.82 Å². The lowest BCUT2D eigenvalue weighted by Gasteiger charge is -2.10. The zero-order chi connectivity index (χ0) is 18.4. The third-order valence-electron chi connectivity index (χ3n) is 3.55. The first kappa shape index (κ1) is 21.1. The number of nitrogens with one attached hydrogen (secondary N) is 2. The van der Waals surface area contributed by atoms with Crippen molar-refractivity contribution in [3.8, 4) is 11.4 Å². The summed E-state index contributed by atoms with van der Waals surface area (Å²) in [5.41, 5.74) is 1.72.